The zero-order valence-corrected chi connectivity index (χ0v) is 15.7. The molecule has 0 aliphatic heterocycles. The van der Waals surface area contributed by atoms with Gasteiger partial charge in [0.25, 0.3) is 5.91 Å². The van der Waals surface area contributed by atoms with Crippen LogP contribution < -0.4 is 11.1 Å². The molecule has 0 saturated heterocycles. The second-order valence-electron chi connectivity index (χ2n) is 6.68. The second-order valence-corrected chi connectivity index (χ2v) is 7.68. The number of anilines is 2. The van der Waals surface area contributed by atoms with E-state index in [9.17, 15) is 13.6 Å². The lowest BCUT2D eigenvalue weighted by Crippen LogP contribution is -2.13. The zero-order valence-electron chi connectivity index (χ0n) is 14.9. The number of halogens is 2. The van der Waals surface area contributed by atoms with E-state index in [4.69, 9.17) is 10.7 Å². The molecule has 0 spiro atoms. The van der Waals surface area contributed by atoms with Crippen LogP contribution >= 0.6 is 11.3 Å². The minimum atomic E-state index is -0.827. The smallest absolute Gasteiger partial charge is 0.268 e. The van der Waals surface area contributed by atoms with Crippen LogP contribution in [-0.2, 0) is 19.3 Å². The summed E-state index contributed by atoms with van der Waals surface area (Å²) in [6.45, 7) is 2.07. The third-order valence-electron chi connectivity index (χ3n) is 5.00. The molecule has 27 heavy (non-hydrogen) atoms. The first-order valence-electron chi connectivity index (χ1n) is 8.98. The first-order valence-corrected chi connectivity index (χ1v) is 9.80. The number of aromatic nitrogens is 1. The number of rotatable bonds is 3. The Morgan fingerprint density at radius 1 is 1.26 bits per heavy atom. The maximum absolute atomic E-state index is 13.9. The Morgan fingerprint density at radius 3 is 2.70 bits per heavy atom. The summed E-state index contributed by atoms with van der Waals surface area (Å²) in [6.07, 6.45) is 4.97. The summed E-state index contributed by atoms with van der Waals surface area (Å²) in [6, 6.07) is 3.02. The number of hydrogen-bond acceptors (Lipinski definition) is 4. The van der Waals surface area contributed by atoms with Crippen molar-refractivity contribution >= 4 is 38.8 Å². The van der Waals surface area contributed by atoms with Gasteiger partial charge in [-0.1, -0.05) is 6.92 Å². The summed E-state index contributed by atoms with van der Waals surface area (Å²) >= 11 is 1.22. The standard InChI is InChI=1S/C20H19F2N3OS/c1-2-14-11-5-3-4-6-12(11)16-17(23)18(27-20(16)25-14)19(26)24-15-8-7-10(21)9-13(15)22/h7-9H,2-6,23H2,1H3,(H,24,26). The highest BCUT2D eigenvalue weighted by molar-refractivity contribution is 7.21. The van der Waals surface area contributed by atoms with E-state index in [1.54, 1.807) is 0 Å². The monoisotopic (exact) mass is 387 g/mol. The number of carbonyl (C=O) groups is 1. The van der Waals surface area contributed by atoms with Crippen LogP contribution in [0.25, 0.3) is 10.2 Å². The fourth-order valence-electron chi connectivity index (χ4n) is 3.72. The van der Waals surface area contributed by atoms with Crippen LogP contribution in [0.4, 0.5) is 20.2 Å². The predicted octanol–water partition coefficient (Wildman–Crippen LogP) is 4.85. The van der Waals surface area contributed by atoms with Crippen LogP contribution in [-0.4, -0.2) is 10.9 Å². The summed E-state index contributed by atoms with van der Waals surface area (Å²) in [5, 5.41) is 3.34. The minimum Gasteiger partial charge on any atom is -0.397 e. The summed E-state index contributed by atoms with van der Waals surface area (Å²) in [5.41, 5.74) is 10.2. The predicted molar refractivity (Wildman–Crippen MR) is 104 cm³/mol. The first kappa shape index (κ1) is 17.9. The van der Waals surface area contributed by atoms with E-state index >= 15 is 0 Å². The molecule has 0 fully saturated rings. The molecule has 0 bridgehead atoms. The Hall–Kier alpha value is -2.54. The van der Waals surface area contributed by atoms with Crippen molar-refractivity contribution in [3.05, 3.63) is 51.5 Å². The van der Waals surface area contributed by atoms with E-state index in [2.05, 4.69) is 12.2 Å². The molecular formula is C20H19F2N3OS. The van der Waals surface area contributed by atoms with E-state index in [1.165, 1.54) is 28.5 Å². The number of carbonyl (C=O) groups excluding carboxylic acids is 1. The van der Waals surface area contributed by atoms with E-state index in [0.29, 0.717) is 10.6 Å². The van der Waals surface area contributed by atoms with Gasteiger partial charge in [-0.3, -0.25) is 4.79 Å². The average Bonchev–Trinajstić information content (AvgIpc) is 3.00. The number of nitrogens with zero attached hydrogens (tertiary/aromatic N) is 1. The van der Waals surface area contributed by atoms with Gasteiger partial charge in [0.2, 0.25) is 0 Å². The normalized spacial score (nSPS) is 13.6. The minimum absolute atomic E-state index is 0.0810. The number of nitrogens with one attached hydrogen (secondary N) is 1. The van der Waals surface area contributed by atoms with Gasteiger partial charge in [-0.15, -0.1) is 11.3 Å². The Kier molecular flexibility index (Phi) is 4.55. The van der Waals surface area contributed by atoms with E-state index in [-0.39, 0.29) is 5.69 Å². The zero-order chi connectivity index (χ0) is 19.1. The van der Waals surface area contributed by atoms with Crippen LogP contribution in [0.15, 0.2) is 18.2 Å². The molecule has 1 amide bonds. The maximum atomic E-state index is 13.9. The van der Waals surface area contributed by atoms with Crippen molar-refractivity contribution in [2.24, 2.45) is 0 Å². The van der Waals surface area contributed by atoms with E-state index in [0.717, 1.165) is 60.1 Å². The first-order chi connectivity index (χ1) is 13.0. The molecule has 2 heterocycles. The van der Waals surface area contributed by atoms with Crippen molar-refractivity contribution in [2.45, 2.75) is 39.0 Å². The molecule has 7 heteroatoms. The van der Waals surface area contributed by atoms with Crippen molar-refractivity contribution in [1.82, 2.24) is 4.98 Å². The molecule has 0 radical (unpaired) electrons. The maximum Gasteiger partial charge on any atom is 0.268 e. The molecule has 3 N–H and O–H groups in total. The van der Waals surface area contributed by atoms with Crippen molar-refractivity contribution in [3.8, 4) is 0 Å². The number of amides is 1. The third kappa shape index (κ3) is 3.06. The van der Waals surface area contributed by atoms with E-state index < -0.39 is 17.5 Å². The largest absolute Gasteiger partial charge is 0.397 e. The van der Waals surface area contributed by atoms with Crippen molar-refractivity contribution in [2.75, 3.05) is 11.1 Å². The second kappa shape index (κ2) is 6.88. The summed E-state index contributed by atoms with van der Waals surface area (Å²) in [5.74, 6) is -2.04. The number of aryl methyl sites for hydroxylation is 2. The molecule has 1 aromatic carbocycles. The lowest BCUT2D eigenvalue weighted by Gasteiger charge is -2.19. The highest BCUT2D eigenvalue weighted by Gasteiger charge is 2.25. The number of nitrogen functional groups attached to an aromatic ring is 1. The van der Waals surface area contributed by atoms with E-state index in [1.807, 2.05) is 0 Å². The molecule has 140 valence electrons. The topological polar surface area (TPSA) is 68.0 Å². The van der Waals surface area contributed by atoms with Crippen molar-refractivity contribution in [1.29, 1.82) is 0 Å². The van der Waals surface area contributed by atoms with Gasteiger partial charge in [0.1, 0.15) is 21.3 Å². The Balaban J connectivity index is 1.78. The van der Waals surface area contributed by atoms with Gasteiger partial charge in [0.15, 0.2) is 0 Å². The van der Waals surface area contributed by atoms with Crippen molar-refractivity contribution < 1.29 is 13.6 Å². The third-order valence-corrected chi connectivity index (χ3v) is 6.10. The molecule has 3 aromatic rings. The fraction of sp³-hybridized carbons (Fsp3) is 0.300. The number of pyridine rings is 1. The van der Waals surface area contributed by atoms with Crippen LogP contribution in [0.2, 0.25) is 0 Å². The lowest BCUT2D eigenvalue weighted by molar-refractivity contribution is 0.103. The summed E-state index contributed by atoms with van der Waals surface area (Å²) < 4.78 is 26.9. The van der Waals surface area contributed by atoms with Gasteiger partial charge < -0.3 is 11.1 Å². The van der Waals surface area contributed by atoms with Crippen LogP contribution in [0.3, 0.4) is 0 Å². The molecule has 0 unspecified atom stereocenters. The number of benzene rings is 1. The van der Waals surface area contributed by atoms with Crippen LogP contribution in [0.1, 0.15) is 46.3 Å². The SMILES string of the molecule is CCc1nc2sc(C(=O)Nc3ccc(F)cc3F)c(N)c2c2c1CCCC2. The van der Waals surface area contributed by atoms with Crippen LogP contribution in [0.5, 0.6) is 0 Å². The Morgan fingerprint density at radius 2 is 2.00 bits per heavy atom. The average molecular weight is 387 g/mol. The molecule has 0 saturated carbocycles. The molecule has 4 nitrogen and oxygen atoms in total. The summed E-state index contributed by atoms with van der Waals surface area (Å²) in [7, 11) is 0. The molecule has 1 aliphatic carbocycles. The highest BCUT2D eigenvalue weighted by Crippen LogP contribution is 2.40. The van der Waals surface area contributed by atoms with Gasteiger partial charge in [0, 0.05) is 17.1 Å². The van der Waals surface area contributed by atoms with Gasteiger partial charge in [-0.2, -0.15) is 0 Å². The van der Waals surface area contributed by atoms with Gasteiger partial charge in [0.05, 0.1) is 11.4 Å². The Bertz CT molecular complexity index is 1060. The van der Waals surface area contributed by atoms with Gasteiger partial charge in [-0.25, -0.2) is 13.8 Å². The van der Waals surface area contributed by atoms with Crippen LogP contribution in [0, 0.1) is 11.6 Å². The number of hydrogen-bond donors (Lipinski definition) is 2. The number of nitrogens with two attached hydrogens (primary N) is 1. The molecule has 1 aliphatic rings. The highest BCUT2D eigenvalue weighted by atomic mass is 32.1. The number of fused-ring (bicyclic) bond motifs is 3. The fourth-order valence-corrected chi connectivity index (χ4v) is 4.76. The summed E-state index contributed by atoms with van der Waals surface area (Å²) in [4.78, 5) is 18.5. The van der Waals surface area contributed by atoms with Gasteiger partial charge in [-0.05, 0) is 55.4 Å². The quantitative estimate of drug-likeness (QED) is 0.675. The number of thiophene rings is 1. The molecular weight excluding hydrogens is 368 g/mol. The van der Waals surface area contributed by atoms with Crippen molar-refractivity contribution in [3.63, 3.8) is 0 Å². The molecule has 2 aromatic heterocycles. The Labute approximate surface area is 159 Å². The lowest BCUT2D eigenvalue weighted by atomic mass is 9.88. The van der Waals surface area contributed by atoms with Gasteiger partial charge >= 0.3 is 0 Å². The molecule has 0 atom stereocenters. The molecule has 4 rings (SSSR count).